The van der Waals surface area contributed by atoms with Gasteiger partial charge in [-0.05, 0) is 13.8 Å². The molecule has 0 fully saturated rings. The van der Waals surface area contributed by atoms with Gasteiger partial charge in [0.15, 0.2) is 0 Å². The van der Waals surface area contributed by atoms with Gasteiger partial charge in [0.05, 0.1) is 5.70 Å². The van der Waals surface area contributed by atoms with E-state index in [1.165, 1.54) is 6.20 Å². The fourth-order valence-electron chi connectivity index (χ4n) is 0.429. The molecule has 4 heteroatoms. The molecule has 0 aliphatic carbocycles. The van der Waals surface area contributed by atoms with Crippen LogP contribution in [0.15, 0.2) is 11.9 Å². The van der Waals surface area contributed by atoms with Crippen LogP contribution >= 0.6 is 0 Å². The zero-order valence-corrected chi connectivity index (χ0v) is 5.68. The smallest absolute Gasteiger partial charge is 0.101 e. The highest BCUT2D eigenvalue weighted by Gasteiger charge is 2.17. The Labute approximate surface area is 54.5 Å². The topological polar surface area (TPSA) is 84.3 Å². The van der Waals surface area contributed by atoms with Crippen molar-refractivity contribution in [3.63, 3.8) is 0 Å². The van der Waals surface area contributed by atoms with Crippen molar-refractivity contribution in [1.82, 2.24) is 5.43 Å². The predicted octanol–water partition coefficient (Wildman–Crippen LogP) is -0.979. The summed E-state index contributed by atoms with van der Waals surface area (Å²) in [6, 6.07) is 0. The van der Waals surface area contributed by atoms with Crippen LogP contribution in [0.25, 0.3) is 0 Å². The van der Waals surface area contributed by atoms with Crippen LogP contribution in [0.1, 0.15) is 13.8 Å². The fourth-order valence-corrected chi connectivity index (χ4v) is 0.429. The van der Waals surface area contributed by atoms with Crippen molar-refractivity contribution in [3.8, 4) is 0 Å². The average molecular weight is 131 g/mol. The summed E-state index contributed by atoms with van der Waals surface area (Å²) in [5.41, 5.74) is 6.81. The Balaban J connectivity index is 4.14. The van der Waals surface area contributed by atoms with Crippen molar-refractivity contribution in [2.75, 3.05) is 0 Å². The molecule has 0 aromatic carbocycles. The molecule has 0 atom stereocenters. The molecule has 0 rings (SSSR count). The number of hydrazine groups is 1. The van der Waals surface area contributed by atoms with Gasteiger partial charge in [-0.25, -0.2) is 0 Å². The molecular weight excluding hydrogens is 118 g/mol. The number of aliphatic hydroxyl groups is 1. The zero-order chi connectivity index (χ0) is 7.49. The van der Waals surface area contributed by atoms with E-state index in [2.05, 4.69) is 5.43 Å². The van der Waals surface area contributed by atoms with Crippen molar-refractivity contribution < 1.29 is 5.11 Å². The van der Waals surface area contributed by atoms with E-state index < -0.39 is 5.60 Å². The maximum atomic E-state index is 9.19. The minimum absolute atomic E-state index is 0.405. The summed E-state index contributed by atoms with van der Waals surface area (Å²) in [4.78, 5) is 0. The van der Waals surface area contributed by atoms with Gasteiger partial charge in [-0.2, -0.15) is 0 Å². The largest absolute Gasteiger partial charge is 0.403 e. The van der Waals surface area contributed by atoms with E-state index in [-0.39, 0.29) is 0 Å². The van der Waals surface area contributed by atoms with E-state index in [0.717, 1.165) is 0 Å². The number of nitrogens with one attached hydrogen (secondary N) is 1. The lowest BCUT2D eigenvalue weighted by molar-refractivity contribution is 0.111. The Morgan fingerprint density at radius 1 is 1.67 bits per heavy atom. The van der Waals surface area contributed by atoms with E-state index in [4.69, 9.17) is 11.6 Å². The Hall–Kier alpha value is -0.740. The van der Waals surface area contributed by atoms with E-state index >= 15 is 0 Å². The number of hydrogen-bond acceptors (Lipinski definition) is 4. The maximum Gasteiger partial charge on any atom is 0.101 e. The zero-order valence-electron chi connectivity index (χ0n) is 5.68. The van der Waals surface area contributed by atoms with E-state index in [1.54, 1.807) is 13.8 Å². The first-order valence-corrected chi connectivity index (χ1v) is 2.63. The Morgan fingerprint density at radius 2 is 2.11 bits per heavy atom. The molecule has 0 spiro atoms. The van der Waals surface area contributed by atoms with Crippen LogP contribution in [0.2, 0.25) is 0 Å². The molecule has 0 saturated carbocycles. The standard InChI is InChI=1S/C5H13N3O/c1-5(2,9)4(3-6)8-7/h3,8-9H,6-7H2,1-2H3/b4-3-. The highest BCUT2D eigenvalue weighted by atomic mass is 16.3. The second-order valence-electron chi connectivity index (χ2n) is 2.28. The van der Waals surface area contributed by atoms with Crippen LogP contribution in [0.4, 0.5) is 0 Å². The summed E-state index contributed by atoms with van der Waals surface area (Å²) in [7, 11) is 0. The number of nitrogens with two attached hydrogens (primary N) is 2. The van der Waals surface area contributed by atoms with Gasteiger partial charge in [0.25, 0.3) is 0 Å². The van der Waals surface area contributed by atoms with Crippen LogP contribution in [0.5, 0.6) is 0 Å². The molecule has 6 N–H and O–H groups in total. The Morgan fingerprint density at radius 3 is 2.11 bits per heavy atom. The first kappa shape index (κ1) is 8.26. The van der Waals surface area contributed by atoms with Gasteiger partial charge in [0, 0.05) is 6.20 Å². The lowest BCUT2D eigenvalue weighted by Crippen LogP contribution is -2.36. The molecule has 0 unspecified atom stereocenters. The Bertz CT molecular complexity index is 114. The van der Waals surface area contributed by atoms with E-state index in [9.17, 15) is 5.11 Å². The third kappa shape index (κ3) is 2.34. The van der Waals surface area contributed by atoms with Crippen LogP contribution < -0.4 is 17.0 Å². The van der Waals surface area contributed by atoms with Gasteiger partial charge in [-0.3, -0.25) is 5.84 Å². The quantitative estimate of drug-likeness (QED) is 0.287. The molecule has 0 aliphatic rings. The molecule has 54 valence electrons. The van der Waals surface area contributed by atoms with Crippen molar-refractivity contribution in [2.45, 2.75) is 19.4 Å². The van der Waals surface area contributed by atoms with Crippen LogP contribution in [0.3, 0.4) is 0 Å². The first-order chi connectivity index (χ1) is 4.02. The van der Waals surface area contributed by atoms with Gasteiger partial charge in [0.1, 0.15) is 5.60 Å². The summed E-state index contributed by atoms with van der Waals surface area (Å²) < 4.78 is 0. The lowest BCUT2D eigenvalue weighted by Gasteiger charge is -2.19. The lowest BCUT2D eigenvalue weighted by atomic mass is 10.1. The molecular formula is C5H13N3O. The van der Waals surface area contributed by atoms with Gasteiger partial charge in [0.2, 0.25) is 0 Å². The summed E-state index contributed by atoms with van der Waals surface area (Å²) in [5.74, 6) is 5.01. The average Bonchev–Trinajstić information content (AvgIpc) is 1.65. The van der Waals surface area contributed by atoms with Gasteiger partial charge in [-0.15, -0.1) is 0 Å². The van der Waals surface area contributed by atoms with E-state index in [1.807, 2.05) is 0 Å². The molecule has 0 aliphatic heterocycles. The van der Waals surface area contributed by atoms with Gasteiger partial charge >= 0.3 is 0 Å². The highest BCUT2D eigenvalue weighted by molar-refractivity contribution is 5.08. The summed E-state index contributed by atoms with van der Waals surface area (Å²) in [6.45, 7) is 3.18. The Kier molecular flexibility index (Phi) is 2.48. The molecule has 0 radical (unpaired) electrons. The molecule has 0 amide bonds. The predicted molar refractivity (Wildman–Crippen MR) is 35.9 cm³/mol. The van der Waals surface area contributed by atoms with Crippen LogP contribution in [-0.2, 0) is 0 Å². The summed E-state index contributed by atoms with van der Waals surface area (Å²) in [5, 5.41) is 9.19. The van der Waals surface area contributed by atoms with E-state index in [0.29, 0.717) is 5.70 Å². The molecule has 0 saturated heterocycles. The second kappa shape index (κ2) is 2.70. The molecule has 0 heterocycles. The minimum Gasteiger partial charge on any atom is -0.403 e. The van der Waals surface area contributed by atoms with Gasteiger partial charge in [-0.1, -0.05) is 0 Å². The van der Waals surface area contributed by atoms with Crippen molar-refractivity contribution in [2.24, 2.45) is 11.6 Å². The van der Waals surface area contributed by atoms with Crippen molar-refractivity contribution >= 4 is 0 Å². The second-order valence-corrected chi connectivity index (χ2v) is 2.28. The number of rotatable bonds is 2. The third-order valence-electron chi connectivity index (χ3n) is 0.981. The summed E-state index contributed by atoms with van der Waals surface area (Å²) in [6.07, 6.45) is 1.24. The summed E-state index contributed by atoms with van der Waals surface area (Å²) >= 11 is 0. The van der Waals surface area contributed by atoms with Crippen LogP contribution in [0, 0.1) is 0 Å². The minimum atomic E-state index is -0.983. The van der Waals surface area contributed by atoms with Crippen molar-refractivity contribution in [3.05, 3.63) is 11.9 Å². The molecule has 0 bridgehead atoms. The van der Waals surface area contributed by atoms with Crippen molar-refractivity contribution in [1.29, 1.82) is 0 Å². The number of hydrogen-bond donors (Lipinski definition) is 4. The highest BCUT2D eigenvalue weighted by Crippen LogP contribution is 2.08. The normalized spacial score (nSPS) is 13.6. The maximum absolute atomic E-state index is 9.19. The SMILES string of the molecule is CC(C)(O)/C(=C/N)NN. The fraction of sp³-hybridized carbons (Fsp3) is 0.600. The molecule has 0 aromatic heterocycles. The van der Waals surface area contributed by atoms with Gasteiger partial charge < -0.3 is 16.3 Å². The molecule has 9 heavy (non-hydrogen) atoms. The third-order valence-corrected chi connectivity index (χ3v) is 0.981. The van der Waals surface area contributed by atoms with Crippen LogP contribution in [-0.4, -0.2) is 10.7 Å². The molecule has 0 aromatic rings. The monoisotopic (exact) mass is 131 g/mol. The molecule has 4 nitrogen and oxygen atoms in total. The first-order valence-electron chi connectivity index (χ1n) is 2.63.